The van der Waals surface area contributed by atoms with E-state index < -0.39 is 0 Å². The fraction of sp³-hybridized carbons (Fsp3) is 0.0588. The zero-order chi connectivity index (χ0) is 18.2. The van der Waals surface area contributed by atoms with Gasteiger partial charge in [-0.05, 0) is 23.6 Å². The number of furan rings is 1. The van der Waals surface area contributed by atoms with Gasteiger partial charge in [-0.3, -0.25) is 4.79 Å². The molecule has 5 heterocycles. The van der Waals surface area contributed by atoms with Gasteiger partial charge >= 0.3 is 0 Å². The number of thiophene rings is 2. The van der Waals surface area contributed by atoms with Crippen molar-refractivity contribution in [3.63, 3.8) is 0 Å². The third-order valence-electron chi connectivity index (χ3n) is 3.75. The summed E-state index contributed by atoms with van der Waals surface area (Å²) in [5.41, 5.74) is 0.792. The molecule has 0 fully saturated rings. The molecule has 5 rings (SSSR count). The topological polar surface area (TPSA) is 97.8 Å². The quantitative estimate of drug-likeness (QED) is 0.418. The van der Waals surface area contributed by atoms with Gasteiger partial charge in [-0.15, -0.1) is 32.9 Å². The Balaban J connectivity index is 1.39. The SMILES string of the molecule is O=c1[nH]c(CSc2nnc(-c3ccco3)o2)nc2scc(-c3cccs3)c12. The van der Waals surface area contributed by atoms with Crippen molar-refractivity contribution in [3.8, 4) is 22.1 Å². The molecule has 5 aromatic rings. The molecule has 0 saturated heterocycles. The third kappa shape index (κ3) is 3.11. The van der Waals surface area contributed by atoms with Crippen molar-refractivity contribution in [2.75, 3.05) is 0 Å². The van der Waals surface area contributed by atoms with E-state index in [1.165, 1.54) is 23.1 Å². The van der Waals surface area contributed by atoms with Crippen LogP contribution >= 0.6 is 34.4 Å². The summed E-state index contributed by atoms with van der Waals surface area (Å²) in [6, 6.07) is 7.47. The summed E-state index contributed by atoms with van der Waals surface area (Å²) in [5.74, 6) is 1.81. The van der Waals surface area contributed by atoms with Crippen LogP contribution in [0.4, 0.5) is 0 Å². The predicted molar refractivity (Wildman–Crippen MR) is 105 cm³/mol. The predicted octanol–water partition coefficient (Wildman–Crippen LogP) is 4.65. The molecule has 10 heteroatoms. The summed E-state index contributed by atoms with van der Waals surface area (Å²) in [5, 5.41) is 12.9. The van der Waals surface area contributed by atoms with Gasteiger partial charge in [-0.2, -0.15) is 0 Å². The van der Waals surface area contributed by atoms with Crippen LogP contribution < -0.4 is 5.56 Å². The molecule has 0 aliphatic heterocycles. The van der Waals surface area contributed by atoms with E-state index in [-0.39, 0.29) is 5.56 Å². The van der Waals surface area contributed by atoms with Gasteiger partial charge in [-0.25, -0.2) is 4.98 Å². The number of aromatic amines is 1. The monoisotopic (exact) mass is 414 g/mol. The second kappa shape index (κ2) is 6.80. The van der Waals surface area contributed by atoms with Gasteiger partial charge in [0, 0.05) is 15.8 Å². The van der Waals surface area contributed by atoms with E-state index in [1.807, 2.05) is 22.9 Å². The lowest BCUT2D eigenvalue weighted by Gasteiger charge is -1.99. The molecular formula is C17H10N4O3S3. The second-order valence-electron chi connectivity index (χ2n) is 5.46. The minimum atomic E-state index is -0.137. The Morgan fingerprint density at radius 3 is 2.96 bits per heavy atom. The van der Waals surface area contributed by atoms with Crippen molar-refractivity contribution in [2.24, 2.45) is 0 Å². The van der Waals surface area contributed by atoms with E-state index >= 15 is 0 Å². The largest absolute Gasteiger partial charge is 0.459 e. The average molecular weight is 414 g/mol. The molecule has 0 radical (unpaired) electrons. The third-order valence-corrected chi connectivity index (χ3v) is 6.36. The summed E-state index contributed by atoms with van der Waals surface area (Å²) in [7, 11) is 0. The number of fused-ring (bicyclic) bond motifs is 1. The van der Waals surface area contributed by atoms with Crippen LogP contribution in [0.5, 0.6) is 0 Å². The highest BCUT2D eigenvalue weighted by atomic mass is 32.2. The molecule has 0 unspecified atom stereocenters. The summed E-state index contributed by atoms with van der Waals surface area (Å²) >= 11 is 4.38. The first kappa shape index (κ1) is 16.5. The molecule has 0 saturated carbocycles. The molecule has 134 valence electrons. The molecular weight excluding hydrogens is 404 g/mol. The van der Waals surface area contributed by atoms with Gasteiger partial charge in [0.25, 0.3) is 16.7 Å². The van der Waals surface area contributed by atoms with Gasteiger partial charge in [-0.1, -0.05) is 17.8 Å². The summed E-state index contributed by atoms with van der Waals surface area (Å²) in [6.45, 7) is 0. The van der Waals surface area contributed by atoms with Crippen LogP contribution in [0.3, 0.4) is 0 Å². The number of nitrogens with one attached hydrogen (secondary N) is 1. The first-order chi connectivity index (χ1) is 13.3. The van der Waals surface area contributed by atoms with Gasteiger partial charge < -0.3 is 13.8 Å². The molecule has 5 aromatic heterocycles. The summed E-state index contributed by atoms with van der Waals surface area (Å²) < 4.78 is 10.8. The number of nitrogens with zero attached hydrogens (tertiary/aromatic N) is 3. The molecule has 0 bridgehead atoms. The number of hydrogen-bond acceptors (Lipinski definition) is 9. The van der Waals surface area contributed by atoms with Crippen molar-refractivity contribution >= 4 is 44.7 Å². The Morgan fingerprint density at radius 1 is 1.19 bits per heavy atom. The van der Waals surface area contributed by atoms with Crippen molar-refractivity contribution < 1.29 is 8.83 Å². The number of hydrogen-bond donors (Lipinski definition) is 1. The minimum Gasteiger partial charge on any atom is -0.459 e. The second-order valence-corrected chi connectivity index (χ2v) is 8.19. The van der Waals surface area contributed by atoms with Gasteiger partial charge in [0.1, 0.15) is 10.7 Å². The van der Waals surface area contributed by atoms with Crippen LogP contribution in [-0.2, 0) is 5.75 Å². The minimum absolute atomic E-state index is 0.137. The van der Waals surface area contributed by atoms with E-state index in [0.717, 1.165) is 15.3 Å². The molecule has 0 aliphatic rings. The van der Waals surface area contributed by atoms with Crippen LogP contribution in [0.2, 0.25) is 0 Å². The Labute approximate surface area is 164 Å². The normalized spacial score (nSPS) is 11.4. The highest BCUT2D eigenvalue weighted by molar-refractivity contribution is 7.98. The zero-order valence-electron chi connectivity index (χ0n) is 13.5. The van der Waals surface area contributed by atoms with Gasteiger partial charge in [0.05, 0.1) is 17.4 Å². The number of H-pyrrole nitrogens is 1. The molecule has 27 heavy (non-hydrogen) atoms. The molecule has 0 aliphatic carbocycles. The maximum absolute atomic E-state index is 12.6. The highest BCUT2D eigenvalue weighted by Crippen LogP contribution is 2.34. The zero-order valence-corrected chi connectivity index (χ0v) is 16.0. The number of aromatic nitrogens is 4. The Morgan fingerprint density at radius 2 is 2.15 bits per heavy atom. The molecule has 0 amide bonds. The van der Waals surface area contributed by atoms with Crippen LogP contribution in [0.25, 0.3) is 32.3 Å². The standard InChI is InChI=1S/C17H10N4O3S3/c22-14-13-9(11-4-2-6-25-11)7-26-16(13)19-12(18-14)8-27-17-21-20-15(24-17)10-3-1-5-23-10/h1-7H,8H2,(H,18,19,22). The average Bonchev–Trinajstić information content (AvgIpc) is 3.47. The van der Waals surface area contributed by atoms with E-state index in [0.29, 0.717) is 33.8 Å². The maximum atomic E-state index is 12.6. The van der Waals surface area contributed by atoms with Gasteiger partial charge in [0.15, 0.2) is 5.76 Å². The Bertz CT molecular complexity index is 1250. The van der Waals surface area contributed by atoms with Crippen molar-refractivity contribution in [1.82, 2.24) is 20.2 Å². The molecule has 7 nitrogen and oxygen atoms in total. The molecule has 0 spiro atoms. The fourth-order valence-electron chi connectivity index (χ4n) is 2.57. The highest BCUT2D eigenvalue weighted by Gasteiger charge is 2.15. The van der Waals surface area contributed by atoms with Gasteiger partial charge in [0.2, 0.25) is 0 Å². The van der Waals surface area contributed by atoms with E-state index in [2.05, 4.69) is 20.2 Å². The lowest BCUT2D eigenvalue weighted by atomic mass is 10.2. The number of rotatable bonds is 5. The fourth-order valence-corrected chi connectivity index (χ4v) is 4.99. The first-order valence-corrected chi connectivity index (χ1v) is 10.6. The molecule has 0 aromatic carbocycles. The number of thioether (sulfide) groups is 1. The Kier molecular flexibility index (Phi) is 4.15. The Hall–Kier alpha value is -2.69. The summed E-state index contributed by atoms with van der Waals surface area (Å²) in [6.07, 6.45) is 1.54. The lowest BCUT2D eigenvalue weighted by molar-refractivity contribution is 0.447. The van der Waals surface area contributed by atoms with E-state index in [9.17, 15) is 4.79 Å². The van der Waals surface area contributed by atoms with Crippen LogP contribution in [0.15, 0.2) is 60.1 Å². The van der Waals surface area contributed by atoms with Crippen molar-refractivity contribution in [3.05, 3.63) is 57.5 Å². The van der Waals surface area contributed by atoms with E-state index in [4.69, 9.17) is 8.83 Å². The molecule has 0 atom stereocenters. The van der Waals surface area contributed by atoms with E-state index in [1.54, 1.807) is 29.7 Å². The lowest BCUT2D eigenvalue weighted by Crippen LogP contribution is -2.10. The molecule has 1 N–H and O–H groups in total. The maximum Gasteiger partial charge on any atom is 0.284 e. The van der Waals surface area contributed by atoms with Crippen LogP contribution in [-0.4, -0.2) is 20.2 Å². The van der Waals surface area contributed by atoms with Crippen LogP contribution in [0.1, 0.15) is 5.82 Å². The first-order valence-electron chi connectivity index (χ1n) is 7.82. The van der Waals surface area contributed by atoms with Crippen LogP contribution in [0, 0.1) is 0 Å². The summed E-state index contributed by atoms with van der Waals surface area (Å²) in [4.78, 5) is 21.8. The van der Waals surface area contributed by atoms with Crippen molar-refractivity contribution in [2.45, 2.75) is 11.0 Å². The van der Waals surface area contributed by atoms with Crippen molar-refractivity contribution in [1.29, 1.82) is 0 Å². The smallest absolute Gasteiger partial charge is 0.284 e.